The SMILES string of the molecule is CC(C)c1cccc(C(C)C)c1-n1c(=O)c2ccc3cccc4c5cc6ccccc6c6ccc(c1=O)c(c65)c2c34. The molecule has 8 aromatic rings. The van der Waals surface area contributed by atoms with E-state index in [1.54, 1.807) is 0 Å². The Morgan fingerprint density at radius 1 is 0.463 bits per heavy atom. The van der Waals surface area contributed by atoms with E-state index in [9.17, 15) is 9.59 Å². The summed E-state index contributed by atoms with van der Waals surface area (Å²) in [6.07, 6.45) is 0. The first kappa shape index (κ1) is 24.1. The van der Waals surface area contributed by atoms with Crippen molar-refractivity contribution in [2.45, 2.75) is 39.5 Å². The zero-order valence-electron chi connectivity index (χ0n) is 23.6. The van der Waals surface area contributed by atoms with Crippen LogP contribution >= 0.6 is 0 Å². The molecule has 41 heavy (non-hydrogen) atoms. The van der Waals surface area contributed by atoms with Crippen LogP contribution in [0.4, 0.5) is 0 Å². The van der Waals surface area contributed by atoms with Gasteiger partial charge in [-0.1, -0.05) is 100 Å². The smallest absolute Gasteiger partial charge is 0.266 e. The highest BCUT2D eigenvalue weighted by atomic mass is 16.2. The first-order valence-electron chi connectivity index (χ1n) is 14.4. The van der Waals surface area contributed by atoms with Crippen LogP contribution in [0.1, 0.15) is 50.7 Å². The van der Waals surface area contributed by atoms with E-state index in [2.05, 4.69) is 94.4 Å². The second-order valence-electron chi connectivity index (χ2n) is 12.0. The van der Waals surface area contributed by atoms with E-state index in [0.717, 1.165) is 70.7 Å². The number of nitrogens with zero attached hydrogens (tertiary/aromatic N) is 1. The summed E-state index contributed by atoms with van der Waals surface area (Å²) in [5.41, 5.74) is 2.23. The molecule has 0 aliphatic heterocycles. The molecule has 3 heteroatoms. The first-order chi connectivity index (χ1) is 19.9. The van der Waals surface area contributed by atoms with Crippen molar-refractivity contribution in [3.63, 3.8) is 0 Å². The lowest BCUT2D eigenvalue weighted by molar-refractivity contribution is 0.793. The van der Waals surface area contributed by atoms with Crippen LogP contribution in [0.2, 0.25) is 0 Å². The molecule has 0 saturated carbocycles. The number of rotatable bonds is 3. The quantitative estimate of drug-likeness (QED) is 0.168. The lowest BCUT2D eigenvalue weighted by Gasteiger charge is -2.20. The normalized spacial score (nSPS) is 12.5. The highest BCUT2D eigenvalue weighted by Gasteiger charge is 2.24. The van der Waals surface area contributed by atoms with Gasteiger partial charge in [0, 0.05) is 21.5 Å². The van der Waals surface area contributed by atoms with E-state index in [-0.39, 0.29) is 23.0 Å². The summed E-state index contributed by atoms with van der Waals surface area (Å²) < 4.78 is 1.49. The van der Waals surface area contributed by atoms with Crippen molar-refractivity contribution in [2.24, 2.45) is 0 Å². The lowest BCUT2D eigenvalue weighted by Crippen LogP contribution is -2.30. The van der Waals surface area contributed by atoms with Crippen molar-refractivity contribution in [3.05, 3.63) is 123 Å². The van der Waals surface area contributed by atoms with E-state index < -0.39 is 0 Å². The molecular formula is C38H29NO2. The summed E-state index contributed by atoms with van der Waals surface area (Å²) in [4.78, 5) is 29.6. The molecule has 0 unspecified atom stereocenters. The Balaban J connectivity index is 1.75. The summed E-state index contributed by atoms with van der Waals surface area (Å²) in [6.45, 7) is 8.49. The second-order valence-corrected chi connectivity index (χ2v) is 12.0. The summed E-state index contributed by atoms with van der Waals surface area (Å²) >= 11 is 0. The van der Waals surface area contributed by atoms with Crippen LogP contribution in [0, 0.1) is 0 Å². The predicted octanol–water partition coefficient (Wildman–Crippen LogP) is 9.24. The average molecular weight is 532 g/mol. The van der Waals surface area contributed by atoms with Crippen LogP contribution < -0.4 is 11.1 Å². The monoisotopic (exact) mass is 531 g/mol. The van der Waals surface area contributed by atoms with E-state index in [1.807, 2.05) is 24.3 Å². The fourth-order valence-corrected chi connectivity index (χ4v) is 7.20. The summed E-state index contributed by atoms with van der Waals surface area (Å²) in [6, 6.07) is 31.2. The van der Waals surface area contributed by atoms with Crippen LogP contribution in [0.25, 0.3) is 70.3 Å². The molecule has 0 atom stereocenters. The molecule has 0 N–H and O–H groups in total. The van der Waals surface area contributed by atoms with Crippen molar-refractivity contribution in [1.29, 1.82) is 0 Å². The Morgan fingerprint density at radius 3 is 1.71 bits per heavy atom. The molecule has 0 fully saturated rings. The predicted molar refractivity (Wildman–Crippen MR) is 174 cm³/mol. The van der Waals surface area contributed by atoms with E-state index in [4.69, 9.17) is 0 Å². The third-order valence-electron chi connectivity index (χ3n) is 9.04. The molecule has 0 spiro atoms. The molecule has 0 bridgehead atoms. The Labute approximate surface area is 236 Å². The van der Waals surface area contributed by atoms with Crippen molar-refractivity contribution >= 4 is 64.6 Å². The molecule has 8 rings (SSSR count). The maximum Gasteiger partial charge on any atom is 0.266 e. The maximum atomic E-state index is 14.8. The van der Waals surface area contributed by atoms with Gasteiger partial charge in [-0.15, -0.1) is 0 Å². The van der Waals surface area contributed by atoms with Gasteiger partial charge in [-0.2, -0.15) is 0 Å². The molecule has 198 valence electrons. The Kier molecular flexibility index (Phi) is 4.92. The Morgan fingerprint density at radius 2 is 1.00 bits per heavy atom. The van der Waals surface area contributed by atoms with Gasteiger partial charge in [0.1, 0.15) is 0 Å². The topological polar surface area (TPSA) is 39.1 Å². The number of benzene rings is 7. The zero-order valence-corrected chi connectivity index (χ0v) is 23.6. The van der Waals surface area contributed by atoms with E-state index >= 15 is 0 Å². The molecule has 0 aliphatic carbocycles. The van der Waals surface area contributed by atoms with Crippen LogP contribution in [-0.4, -0.2) is 4.57 Å². The fraction of sp³-hybridized carbons (Fsp3) is 0.158. The summed E-state index contributed by atoms with van der Waals surface area (Å²) in [5, 5.41) is 11.7. The Hall–Kier alpha value is -4.76. The standard InChI is InChI=1S/C38H29NO2/c1-20(2)24-12-8-13-25(21(3)4)36(24)39-37(40)29-16-15-22-10-7-14-27-31-19-23-9-5-6-11-26(23)28-17-18-30(38(39)41)35(33(28)31)34(29)32(22)27/h5-21H,1-4H3. The second kappa shape index (κ2) is 8.37. The molecule has 7 aromatic carbocycles. The third-order valence-corrected chi connectivity index (χ3v) is 9.04. The van der Waals surface area contributed by atoms with Crippen LogP contribution in [0.15, 0.2) is 101 Å². The molecule has 0 saturated heterocycles. The van der Waals surface area contributed by atoms with Gasteiger partial charge < -0.3 is 0 Å². The van der Waals surface area contributed by atoms with Crippen molar-refractivity contribution < 1.29 is 0 Å². The molecule has 1 heterocycles. The summed E-state index contributed by atoms with van der Waals surface area (Å²) in [7, 11) is 0. The van der Waals surface area contributed by atoms with Crippen LogP contribution in [0.3, 0.4) is 0 Å². The first-order valence-corrected chi connectivity index (χ1v) is 14.4. The lowest BCUT2D eigenvalue weighted by atomic mass is 9.86. The van der Waals surface area contributed by atoms with E-state index in [1.165, 1.54) is 4.57 Å². The average Bonchev–Trinajstić information content (AvgIpc) is 3.07. The largest absolute Gasteiger partial charge is 0.268 e. The zero-order chi connectivity index (χ0) is 28.2. The van der Waals surface area contributed by atoms with Gasteiger partial charge in [0.25, 0.3) is 11.1 Å². The number of aromatic nitrogens is 1. The molecule has 0 amide bonds. The molecule has 0 aliphatic rings. The van der Waals surface area contributed by atoms with Gasteiger partial charge in [0.15, 0.2) is 0 Å². The Bertz CT molecular complexity index is 2440. The third kappa shape index (κ3) is 3.09. The number of para-hydroxylation sites is 1. The number of fused-ring (bicyclic) bond motifs is 3. The van der Waals surface area contributed by atoms with Gasteiger partial charge in [0.2, 0.25) is 0 Å². The fourth-order valence-electron chi connectivity index (χ4n) is 7.20. The molecule has 0 radical (unpaired) electrons. The van der Waals surface area contributed by atoms with Crippen molar-refractivity contribution in [3.8, 4) is 5.69 Å². The number of hydrogen-bond donors (Lipinski definition) is 0. The summed E-state index contributed by atoms with van der Waals surface area (Å²) in [5.74, 6) is 0.278. The van der Waals surface area contributed by atoms with Gasteiger partial charge in [-0.25, -0.2) is 4.57 Å². The molecule has 1 aromatic heterocycles. The highest BCUT2D eigenvalue weighted by Crippen LogP contribution is 2.45. The minimum atomic E-state index is -0.260. The maximum absolute atomic E-state index is 14.8. The van der Waals surface area contributed by atoms with Gasteiger partial charge in [0.05, 0.1) is 5.69 Å². The van der Waals surface area contributed by atoms with Crippen molar-refractivity contribution in [2.75, 3.05) is 0 Å². The van der Waals surface area contributed by atoms with Gasteiger partial charge in [-0.05, 0) is 84.3 Å². The minimum absolute atomic E-state index is 0.139. The highest BCUT2D eigenvalue weighted by molar-refractivity contribution is 6.41. The number of hydrogen-bond acceptors (Lipinski definition) is 2. The molecule has 3 nitrogen and oxygen atoms in total. The van der Waals surface area contributed by atoms with Crippen molar-refractivity contribution in [1.82, 2.24) is 4.57 Å². The minimum Gasteiger partial charge on any atom is -0.268 e. The van der Waals surface area contributed by atoms with Gasteiger partial charge >= 0.3 is 0 Å². The van der Waals surface area contributed by atoms with E-state index in [0.29, 0.717) is 10.8 Å². The molecular weight excluding hydrogens is 502 g/mol. The van der Waals surface area contributed by atoms with Crippen LogP contribution in [0.5, 0.6) is 0 Å². The van der Waals surface area contributed by atoms with Gasteiger partial charge in [-0.3, -0.25) is 9.59 Å². The van der Waals surface area contributed by atoms with Crippen LogP contribution in [-0.2, 0) is 0 Å².